The molecular weight excluding hydrogens is 354 g/mol. The molecule has 3 rings (SSSR count). The summed E-state index contributed by atoms with van der Waals surface area (Å²) in [5, 5.41) is 6.47. The summed E-state index contributed by atoms with van der Waals surface area (Å²) >= 11 is 0. The van der Waals surface area contributed by atoms with Crippen LogP contribution in [0.25, 0.3) is 10.9 Å². The first-order chi connectivity index (χ1) is 13.6. The summed E-state index contributed by atoms with van der Waals surface area (Å²) in [6.07, 6.45) is 4.12. The molecule has 1 unspecified atom stereocenters. The van der Waals surface area contributed by atoms with E-state index in [0.717, 1.165) is 16.5 Å². The molecule has 2 amide bonds. The van der Waals surface area contributed by atoms with Crippen LogP contribution in [0.4, 0.5) is 10.5 Å². The number of nitrogens with zero attached hydrogens (tertiary/aromatic N) is 1. The average Bonchev–Trinajstić information content (AvgIpc) is 3.05. The third-order valence-corrected chi connectivity index (χ3v) is 4.44. The topological polar surface area (TPSA) is 72.4 Å². The fourth-order valence-electron chi connectivity index (χ4n) is 3.18. The van der Waals surface area contributed by atoms with E-state index >= 15 is 0 Å². The van der Waals surface area contributed by atoms with Crippen LogP contribution < -0.4 is 10.6 Å². The highest BCUT2D eigenvalue weighted by atomic mass is 16.5. The monoisotopic (exact) mass is 377 g/mol. The first-order valence-electron chi connectivity index (χ1n) is 9.00. The number of hydrogen-bond acceptors (Lipinski definition) is 3. The summed E-state index contributed by atoms with van der Waals surface area (Å²) in [4.78, 5) is 24.6. The SMILES string of the molecule is C=CCn1cc(CC(NC(=O)Nc2ccccc2)C(=O)OC)c2ccccc21. The lowest BCUT2D eigenvalue weighted by molar-refractivity contribution is -0.142. The summed E-state index contributed by atoms with van der Waals surface area (Å²) < 4.78 is 6.96. The Kier molecular flexibility index (Phi) is 6.11. The molecule has 0 saturated carbocycles. The number of allylic oxidation sites excluding steroid dienone is 1. The fourth-order valence-corrected chi connectivity index (χ4v) is 3.18. The van der Waals surface area contributed by atoms with Crippen molar-refractivity contribution in [3.63, 3.8) is 0 Å². The predicted molar refractivity (Wildman–Crippen MR) is 110 cm³/mol. The second-order valence-corrected chi connectivity index (χ2v) is 6.36. The Balaban J connectivity index is 1.81. The molecule has 1 atom stereocenters. The number of rotatable bonds is 7. The molecule has 0 fully saturated rings. The minimum Gasteiger partial charge on any atom is -0.467 e. The van der Waals surface area contributed by atoms with E-state index in [2.05, 4.69) is 21.8 Å². The summed E-state index contributed by atoms with van der Waals surface area (Å²) in [6, 6.07) is 15.7. The molecule has 0 aliphatic rings. The van der Waals surface area contributed by atoms with Crippen LogP contribution in [-0.4, -0.2) is 29.7 Å². The molecule has 0 bridgehead atoms. The molecule has 6 nitrogen and oxygen atoms in total. The van der Waals surface area contributed by atoms with Crippen molar-refractivity contribution in [2.45, 2.75) is 19.0 Å². The number of ether oxygens (including phenoxy) is 1. The number of para-hydroxylation sites is 2. The summed E-state index contributed by atoms with van der Waals surface area (Å²) in [5.41, 5.74) is 2.65. The maximum atomic E-state index is 12.4. The molecule has 2 N–H and O–H groups in total. The van der Waals surface area contributed by atoms with Crippen LogP contribution in [0.15, 0.2) is 73.4 Å². The van der Waals surface area contributed by atoms with E-state index in [0.29, 0.717) is 18.7 Å². The van der Waals surface area contributed by atoms with Crippen LogP contribution in [0.5, 0.6) is 0 Å². The molecule has 1 heterocycles. The van der Waals surface area contributed by atoms with Gasteiger partial charge in [-0.15, -0.1) is 6.58 Å². The van der Waals surface area contributed by atoms with Crippen LogP contribution in [0, 0.1) is 0 Å². The molecule has 144 valence electrons. The number of anilines is 1. The Labute approximate surface area is 163 Å². The van der Waals surface area contributed by atoms with Crippen molar-refractivity contribution in [3.05, 3.63) is 79.0 Å². The zero-order chi connectivity index (χ0) is 19.9. The highest BCUT2D eigenvalue weighted by Crippen LogP contribution is 2.23. The summed E-state index contributed by atoms with van der Waals surface area (Å²) in [6.45, 7) is 4.45. The predicted octanol–water partition coefficient (Wildman–Crippen LogP) is 3.73. The minimum atomic E-state index is -0.809. The van der Waals surface area contributed by atoms with E-state index in [4.69, 9.17) is 4.74 Å². The molecule has 2 aromatic carbocycles. The smallest absolute Gasteiger partial charge is 0.328 e. The molecule has 0 aliphatic heterocycles. The number of carbonyl (C=O) groups is 2. The third kappa shape index (κ3) is 4.40. The maximum absolute atomic E-state index is 12.4. The van der Waals surface area contributed by atoms with Crippen molar-refractivity contribution >= 4 is 28.6 Å². The summed E-state index contributed by atoms with van der Waals surface area (Å²) in [7, 11) is 1.31. The van der Waals surface area contributed by atoms with Gasteiger partial charge in [0.25, 0.3) is 0 Å². The van der Waals surface area contributed by atoms with Crippen molar-refractivity contribution in [3.8, 4) is 0 Å². The maximum Gasteiger partial charge on any atom is 0.328 e. The van der Waals surface area contributed by atoms with E-state index in [1.807, 2.05) is 54.7 Å². The Morgan fingerprint density at radius 2 is 1.86 bits per heavy atom. The minimum absolute atomic E-state index is 0.319. The Morgan fingerprint density at radius 1 is 1.14 bits per heavy atom. The number of carbonyl (C=O) groups excluding carboxylic acids is 2. The van der Waals surface area contributed by atoms with Crippen molar-refractivity contribution in [1.82, 2.24) is 9.88 Å². The van der Waals surface area contributed by atoms with Gasteiger partial charge in [0.1, 0.15) is 6.04 Å². The van der Waals surface area contributed by atoms with Crippen molar-refractivity contribution in [2.75, 3.05) is 12.4 Å². The normalized spacial score (nSPS) is 11.6. The third-order valence-electron chi connectivity index (χ3n) is 4.44. The van der Waals surface area contributed by atoms with Crippen LogP contribution in [0.3, 0.4) is 0 Å². The second-order valence-electron chi connectivity index (χ2n) is 6.36. The number of aromatic nitrogens is 1. The van der Waals surface area contributed by atoms with Gasteiger partial charge in [-0.3, -0.25) is 0 Å². The van der Waals surface area contributed by atoms with Crippen molar-refractivity contribution in [2.24, 2.45) is 0 Å². The van der Waals surface area contributed by atoms with E-state index in [-0.39, 0.29) is 0 Å². The number of nitrogens with one attached hydrogen (secondary N) is 2. The fraction of sp³-hybridized carbons (Fsp3) is 0.182. The zero-order valence-corrected chi connectivity index (χ0v) is 15.7. The van der Waals surface area contributed by atoms with Gasteiger partial charge in [0, 0.05) is 35.8 Å². The Hall–Kier alpha value is -3.54. The van der Waals surface area contributed by atoms with Gasteiger partial charge in [-0.1, -0.05) is 42.5 Å². The lowest BCUT2D eigenvalue weighted by Gasteiger charge is -2.17. The van der Waals surface area contributed by atoms with Crippen LogP contribution in [0.1, 0.15) is 5.56 Å². The number of hydrogen-bond donors (Lipinski definition) is 2. The van der Waals surface area contributed by atoms with E-state index in [9.17, 15) is 9.59 Å². The molecular formula is C22H23N3O3. The largest absolute Gasteiger partial charge is 0.467 e. The molecule has 0 radical (unpaired) electrons. The van der Waals surface area contributed by atoms with E-state index in [1.54, 1.807) is 12.1 Å². The number of amides is 2. The van der Waals surface area contributed by atoms with Gasteiger partial charge in [-0.2, -0.15) is 0 Å². The second kappa shape index (κ2) is 8.90. The van der Waals surface area contributed by atoms with E-state index in [1.165, 1.54) is 7.11 Å². The quantitative estimate of drug-likeness (QED) is 0.487. The van der Waals surface area contributed by atoms with Crippen LogP contribution >= 0.6 is 0 Å². The van der Waals surface area contributed by atoms with Gasteiger partial charge in [-0.05, 0) is 23.8 Å². The van der Waals surface area contributed by atoms with Gasteiger partial charge in [0.2, 0.25) is 0 Å². The molecule has 0 spiro atoms. The van der Waals surface area contributed by atoms with Gasteiger partial charge in [0.15, 0.2) is 0 Å². The molecule has 3 aromatic rings. The number of fused-ring (bicyclic) bond motifs is 1. The summed E-state index contributed by atoms with van der Waals surface area (Å²) in [5.74, 6) is -0.497. The average molecular weight is 377 g/mol. The lowest BCUT2D eigenvalue weighted by atomic mass is 10.1. The molecule has 0 saturated heterocycles. The van der Waals surface area contributed by atoms with Gasteiger partial charge < -0.3 is 19.9 Å². The molecule has 28 heavy (non-hydrogen) atoms. The van der Waals surface area contributed by atoms with E-state index < -0.39 is 18.0 Å². The molecule has 6 heteroatoms. The standard InChI is InChI=1S/C22H23N3O3/c1-3-13-25-15-16(18-11-7-8-12-20(18)25)14-19(21(26)28-2)24-22(27)23-17-9-5-4-6-10-17/h3-12,15,19H,1,13-14H2,2H3,(H2,23,24,27). The van der Waals surface area contributed by atoms with Crippen molar-refractivity contribution in [1.29, 1.82) is 0 Å². The van der Waals surface area contributed by atoms with Crippen LogP contribution in [-0.2, 0) is 22.5 Å². The Morgan fingerprint density at radius 3 is 2.57 bits per heavy atom. The lowest BCUT2D eigenvalue weighted by Crippen LogP contribution is -2.45. The number of esters is 1. The van der Waals surface area contributed by atoms with Crippen molar-refractivity contribution < 1.29 is 14.3 Å². The molecule has 1 aromatic heterocycles. The van der Waals surface area contributed by atoms with Gasteiger partial charge in [0.05, 0.1) is 7.11 Å². The number of urea groups is 1. The highest BCUT2D eigenvalue weighted by molar-refractivity contribution is 5.93. The first kappa shape index (κ1) is 19.2. The first-order valence-corrected chi connectivity index (χ1v) is 9.00. The highest BCUT2D eigenvalue weighted by Gasteiger charge is 2.24. The van der Waals surface area contributed by atoms with Gasteiger partial charge in [-0.25, -0.2) is 9.59 Å². The van der Waals surface area contributed by atoms with Crippen LogP contribution in [0.2, 0.25) is 0 Å². The number of benzene rings is 2. The Bertz CT molecular complexity index is 979. The molecule has 0 aliphatic carbocycles. The van der Waals surface area contributed by atoms with Gasteiger partial charge >= 0.3 is 12.0 Å². The number of methoxy groups -OCH3 is 1. The zero-order valence-electron chi connectivity index (χ0n) is 15.7.